The third-order valence-corrected chi connectivity index (χ3v) is 7.23. The molecule has 1 aliphatic carbocycles. The molecule has 2 aromatic carbocycles. The molecule has 0 aromatic heterocycles. The maximum atomic E-state index is 13.9. The summed E-state index contributed by atoms with van der Waals surface area (Å²) in [6, 6.07) is 10.6. The van der Waals surface area contributed by atoms with Gasteiger partial charge in [-0.05, 0) is 43.5 Å². The molecule has 0 radical (unpaired) electrons. The van der Waals surface area contributed by atoms with Gasteiger partial charge in [-0.25, -0.2) is 0 Å². The number of nitrogens with zero attached hydrogens (tertiary/aromatic N) is 1. The van der Waals surface area contributed by atoms with Gasteiger partial charge in [-0.1, -0.05) is 12.8 Å². The van der Waals surface area contributed by atoms with Crippen LogP contribution in [0.5, 0.6) is 23.0 Å². The van der Waals surface area contributed by atoms with Crippen LogP contribution in [0.15, 0.2) is 36.4 Å². The van der Waals surface area contributed by atoms with E-state index in [1.165, 1.54) is 0 Å². The minimum Gasteiger partial charge on any atom is -0.497 e. The van der Waals surface area contributed by atoms with E-state index < -0.39 is 5.60 Å². The summed E-state index contributed by atoms with van der Waals surface area (Å²) in [5, 5.41) is 11.6. The van der Waals surface area contributed by atoms with Crippen molar-refractivity contribution in [3.63, 3.8) is 0 Å². The van der Waals surface area contributed by atoms with Gasteiger partial charge in [0.25, 0.3) is 5.91 Å². The molecule has 1 saturated carbocycles. The molecule has 0 spiro atoms. The van der Waals surface area contributed by atoms with E-state index in [1.807, 2.05) is 23.1 Å². The van der Waals surface area contributed by atoms with E-state index in [-0.39, 0.29) is 17.9 Å². The van der Waals surface area contributed by atoms with Gasteiger partial charge in [0.05, 0.1) is 45.6 Å². The molecular formula is C26H33NO6. The minimum absolute atomic E-state index is 0.0875. The van der Waals surface area contributed by atoms with Crippen LogP contribution in [0.25, 0.3) is 0 Å². The number of likely N-dealkylation sites (tertiary alicyclic amines) is 1. The van der Waals surface area contributed by atoms with Crippen molar-refractivity contribution in [3.8, 4) is 23.0 Å². The summed E-state index contributed by atoms with van der Waals surface area (Å²) in [4.78, 5) is 15.8. The highest BCUT2D eigenvalue weighted by molar-refractivity contribution is 5.97. The van der Waals surface area contributed by atoms with Crippen LogP contribution in [0.3, 0.4) is 0 Å². The minimum atomic E-state index is -0.797. The number of rotatable bonds is 6. The molecule has 2 aromatic rings. The van der Waals surface area contributed by atoms with Gasteiger partial charge in [-0.2, -0.15) is 0 Å². The molecule has 2 aliphatic rings. The zero-order chi connectivity index (χ0) is 23.6. The molecule has 7 nitrogen and oxygen atoms in total. The van der Waals surface area contributed by atoms with Crippen LogP contribution < -0.4 is 18.9 Å². The third kappa shape index (κ3) is 4.22. The average Bonchev–Trinajstić information content (AvgIpc) is 2.86. The van der Waals surface area contributed by atoms with Crippen LogP contribution in [-0.2, 0) is 0 Å². The summed E-state index contributed by atoms with van der Waals surface area (Å²) < 4.78 is 21.9. The summed E-state index contributed by atoms with van der Waals surface area (Å²) in [5.74, 6) is 2.19. The number of methoxy groups -OCH3 is 4. The van der Waals surface area contributed by atoms with Gasteiger partial charge in [-0.15, -0.1) is 0 Å². The number of ether oxygens (including phenoxy) is 4. The predicted octanol–water partition coefficient (Wildman–Crippen LogP) is 4.23. The molecule has 4 rings (SSSR count). The van der Waals surface area contributed by atoms with E-state index in [0.717, 1.165) is 31.2 Å². The fourth-order valence-corrected chi connectivity index (χ4v) is 5.49. The lowest BCUT2D eigenvalue weighted by molar-refractivity contribution is -0.115. The van der Waals surface area contributed by atoms with Crippen molar-refractivity contribution in [2.45, 2.75) is 43.7 Å². The molecule has 1 N–H and O–H groups in total. The Morgan fingerprint density at radius 1 is 0.909 bits per heavy atom. The first-order valence-corrected chi connectivity index (χ1v) is 11.4. The molecule has 0 bridgehead atoms. The summed E-state index contributed by atoms with van der Waals surface area (Å²) in [5.41, 5.74) is 0.551. The van der Waals surface area contributed by atoms with Crippen LogP contribution in [0.4, 0.5) is 0 Å². The van der Waals surface area contributed by atoms with Crippen molar-refractivity contribution in [2.24, 2.45) is 5.92 Å². The van der Waals surface area contributed by atoms with Crippen molar-refractivity contribution < 1.29 is 28.8 Å². The maximum Gasteiger partial charge on any atom is 0.258 e. The number of carbonyl (C=O) groups is 1. The van der Waals surface area contributed by atoms with E-state index in [4.69, 9.17) is 18.9 Å². The number of fused-ring (bicyclic) bond motifs is 1. The van der Waals surface area contributed by atoms with Crippen LogP contribution in [-0.4, -0.2) is 56.5 Å². The molecule has 2 fully saturated rings. The summed E-state index contributed by atoms with van der Waals surface area (Å²) in [6.45, 7) is 0.445. The Morgan fingerprint density at radius 2 is 1.58 bits per heavy atom. The fraction of sp³-hybridized carbons (Fsp3) is 0.500. The van der Waals surface area contributed by atoms with Crippen molar-refractivity contribution in [1.82, 2.24) is 4.90 Å². The van der Waals surface area contributed by atoms with Gasteiger partial charge in [0.1, 0.15) is 23.0 Å². The lowest BCUT2D eigenvalue weighted by Gasteiger charge is -2.52. The monoisotopic (exact) mass is 455 g/mol. The Hall–Kier alpha value is -2.93. The number of amides is 1. The highest BCUT2D eigenvalue weighted by Gasteiger charge is 2.51. The third-order valence-electron chi connectivity index (χ3n) is 7.23. The van der Waals surface area contributed by atoms with E-state index in [9.17, 15) is 9.90 Å². The normalized spacial score (nSPS) is 24.6. The average molecular weight is 456 g/mol. The van der Waals surface area contributed by atoms with Gasteiger partial charge < -0.3 is 29.0 Å². The first-order chi connectivity index (χ1) is 16.0. The van der Waals surface area contributed by atoms with E-state index >= 15 is 0 Å². The number of aliphatic hydroxyl groups is 1. The molecule has 0 unspecified atom stereocenters. The lowest BCUT2D eigenvalue weighted by Crippen LogP contribution is -2.56. The van der Waals surface area contributed by atoms with Gasteiger partial charge in [0.15, 0.2) is 0 Å². The standard InChI is InChI=1S/C26H33NO6/c1-30-17-8-10-19(22(15-17)32-3)24-21-7-5-6-12-26(21,29)13-14-27(24)25(28)20-11-9-18(31-2)16-23(20)33-4/h8-11,15-16,21,24,29H,5-7,12-14H2,1-4H3/t21-,24-,26+/m1/s1. The molecule has 1 saturated heterocycles. The van der Waals surface area contributed by atoms with Crippen molar-refractivity contribution in [2.75, 3.05) is 35.0 Å². The van der Waals surface area contributed by atoms with Gasteiger partial charge >= 0.3 is 0 Å². The first kappa shape index (κ1) is 23.2. The van der Waals surface area contributed by atoms with Crippen LogP contribution in [0, 0.1) is 5.92 Å². The second-order valence-electron chi connectivity index (χ2n) is 8.82. The molecule has 1 aliphatic heterocycles. The second-order valence-corrected chi connectivity index (χ2v) is 8.82. The smallest absolute Gasteiger partial charge is 0.258 e. The topological polar surface area (TPSA) is 77.5 Å². The van der Waals surface area contributed by atoms with Gasteiger partial charge in [0, 0.05) is 30.2 Å². The molecule has 3 atom stereocenters. The SMILES string of the molecule is COc1ccc(C(=O)N2CC[C@@]3(O)CCCC[C@@H]3[C@H]2c2ccc(OC)cc2OC)c(OC)c1. The van der Waals surface area contributed by atoms with Crippen molar-refractivity contribution >= 4 is 5.91 Å². The largest absolute Gasteiger partial charge is 0.497 e. The Balaban J connectivity index is 1.81. The second kappa shape index (κ2) is 9.51. The fourth-order valence-electron chi connectivity index (χ4n) is 5.49. The summed E-state index contributed by atoms with van der Waals surface area (Å²) in [6.07, 6.45) is 4.17. The van der Waals surface area contributed by atoms with E-state index in [0.29, 0.717) is 41.5 Å². The van der Waals surface area contributed by atoms with Crippen LogP contribution >= 0.6 is 0 Å². The Labute approximate surface area is 195 Å². The zero-order valence-electron chi connectivity index (χ0n) is 19.8. The Bertz CT molecular complexity index is 1010. The predicted molar refractivity (Wildman–Crippen MR) is 124 cm³/mol. The van der Waals surface area contributed by atoms with E-state index in [2.05, 4.69) is 0 Å². The van der Waals surface area contributed by atoms with Crippen LogP contribution in [0.1, 0.15) is 54.1 Å². The Morgan fingerprint density at radius 3 is 2.24 bits per heavy atom. The highest BCUT2D eigenvalue weighted by Crippen LogP contribution is 2.51. The quantitative estimate of drug-likeness (QED) is 0.703. The number of hydrogen-bond donors (Lipinski definition) is 1. The zero-order valence-corrected chi connectivity index (χ0v) is 19.8. The number of hydrogen-bond acceptors (Lipinski definition) is 6. The number of benzene rings is 2. The van der Waals surface area contributed by atoms with Crippen molar-refractivity contribution in [1.29, 1.82) is 0 Å². The van der Waals surface area contributed by atoms with Crippen LogP contribution in [0.2, 0.25) is 0 Å². The molecule has 1 heterocycles. The van der Waals surface area contributed by atoms with Crippen molar-refractivity contribution in [3.05, 3.63) is 47.5 Å². The molecule has 33 heavy (non-hydrogen) atoms. The number of carbonyl (C=O) groups excluding carboxylic acids is 1. The number of piperidine rings is 1. The maximum absolute atomic E-state index is 13.9. The Kier molecular flexibility index (Phi) is 6.70. The highest BCUT2D eigenvalue weighted by atomic mass is 16.5. The molecule has 1 amide bonds. The van der Waals surface area contributed by atoms with Gasteiger partial charge in [0.2, 0.25) is 0 Å². The molecule has 7 heteroatoms. The summed E-state index contributed by atoms with van der Waals surface area (Å²) >= 11 is 0. The first-order valence-electron chi connectivity index (χ1n) is 11.4. The van der Waals surface area contributed by atoms with E-state index in [1.54, 1.807) is 46.6 Å². The van der Waals surface area contributed by atoms with Gasteiger partial charge in [-0.3, -0.25) is 4.79 Å². The molecule has 178 valence electrons. The molecular weight excluding hydrogens is 422 g/mol. The lowest BCUT2D eigenvalue weighted by atomic mass is 9.66. The summed E-state index contributed by atoms with van der Waals surface area (Å²) in [7, 11) is 6.36.